The van der Waals surface area contributed by atoms with Crippen molar-refractivity contribution >= 4 is 29.2 Å². The molecular weight excluding hydrogens is 526 g/mol. The van der Waals surface area contributed by atoms with Gasteiger partial charge in [0, 0.05) is 65.0 Å². The monoisotopic (exact) mass is 559 g/mol. The number of hydrogen-bond acceptors (Lipinski definition) is 8. The number of nitrogens with zero attached hydrogens (tertiary/aromatic N) is 6. The zero-order valence-electron chi connectivity index (χ0n) is 23.2. The van der Waals surface area contributed by atoms with E-state index in [0.717, 1.165) is 11.1 Å². The molecule has 1 N–H and O–H groups in total. The fourth-order valence-corrected chi connectivity index (χ4v) is 4.92. The lowest BCUT2D eigenvalue weighted by atomic mass is 10.0. The van der Waals surface area contributed by atoms with Crippen LogP contribution in [0.25, 0.3) is 11.3 Å². The molecule has 3 aromatic rings. The maximum atomic E-state index is 12.9. The van der Waals surface area contributed by atoms with Crippen LogP contribution >= 0.6 is 0 Å². The Morgan fingerprint density at radius 1 is 0.927 bits per heavy atom. The summed E-state index contributed by atoms with van der Waals surface area (Å²) in [7, 11) is 1.57. The quantitative estimate of drug-likeness (QED) is 0.478. The number of ether oxygens (including phenoxy) is 1. The van der Waals surface area contributed by atoms with Gasteiger partial charge in [0.1, 0.15) is 11.5 Å². The highest BCUT2D eigenvalue weighted by Gasteiger charge is 2.23. The van der Waals surface area contributed by atoms with Crippen LogP contribution in [-0.2, 0) is 27.8 Å². The molecule has 0 atom stereocenters. The van der Waals surface area contributed by atoms with Gasteiger partial charge in [-0.2, -0.15) is 5.10 Å². The summed E-state index contributed by atoms with van der Waals surface area (Å²) in [6.45, 7) is 5.79. The minimum atomic E-state index is -0.333. The summed E-state index contributed by atoms with van der Waals surface area (Å²) in [6, 6.07) is 12.5. The Bertz CT molecular complexity index is 1490. The summed E-state index contributed by atoms with van der Waals surface area (Å²) in [5, 5.41) is 7.47. The van der Waals surface area contributed by atoms with Crippen molar-refractivity contribution < 1.29 is 19.1 Å². The number of rotatable bonds is 6. The normalized spacial score (nSPS) is 15.5. The van der Waals surface area contributed by atoms with Gasteiger partial charge in [0.15, 0.2) is 0 Å². The summed E-state index contributed by atoms with van der Waals surface area (Å²) in [4.78, 5) is 59.7. The molecule has 3 amide bonds. The molecule has 214 valence electrons. The van der Waals surface area contributed by atoms with Crippen LogP contribution in [0.15, 0.2) is 53.5 Å². The molecule has 0 aliphatic carbocycles. The van der Waals surface area contributed by atoms with Crippen molar-refractivity contribution in [1.82, 2.24) is 29.5 Å². The predicted octanol–water partition coefficient (Wildman–Crippen LogP) is 1.29. The second-order valence-corrected chi connectivity index (χ2v) is 10.1. The van der Waals surface area contributed by atoms with E-state index >= 15 is 0 Å². The molecule has 0 radical (unpaired) electrons. The molecule has 1 aromatic carbocycles. The Hall–Kier alpha value is -4.58. The lowest BCUT2D eigenvalue weighted by Crippen LogP contribution is -2.50. The first kappa shape index (κ1) is 28.0. The lowest BCUT2D eigenvalue weighted by Gasteiger charge is -2.34. The number of pyridine rings is 1. The molecule has 5 rings (SSSR count). The van der Waals surface area contributed by atoms with Crippen LogP contribution in [0.3, 0.4) is 0 Å². The second kappa shape index (κ2) is 12.3. The molecule has 2 fully saturated rings. The highest BCUT2D eigenvalue weighted by molar-refractivity contribution is 5.94. The zero-order valence-corrected chi connectivity index (χ0v) is 23.2. The van der Waals surface area contributed by atoms with Crippen molar-refractivity contribution in [2.24, 2.45) is 7.05 Å². The Balaban J connectivity index is 1.28. The molecule has 0 bridgehead atoms. The molecule has 41 heavy (non-hydrogen) atoms. The van der Waals surface area contributed by atoms with Gasteiger partial charge in [-0.05, 0) is 29.8 Å². The third-order valence-electron chi connectivity index (χ3n) is 7.29. The van der Waals surface area contributed by atoms with Gasteiger partial charge in [0.2, 0.25) is 11.8 Å². The number of aryl methyl sites for hydroxylation is 1. The van der Waals surface area contributed by atoms with Crippen LogP contribution in [0.1, 0.15) is 22.8 Å². The number of anilines is 2. The van der Waals surface area contributed by atoms with Crippen molar-refractivity contribution in [3.05, 3.63) is 70.1 Å². The molecule has 12 nitrogen and oxygen atoms in total. The number of carbonyl (C=O) groups is 3. The lowest BCUT2D eigenvalue weighted by molar-refractivity contribution is -0.138. The standard InChI is InChI=1S/C29H33N7O5/c1-20(37)34-8-10-35(11-9-34)27(38)17-21-4-3-5-22(16-21)24-18-25(29(40)33(2)32-24)31-26-7-6-23(19-30-26)28(39)36-12-14-41-15-13-36/h3-7,16,18-19H,8-15,17H2,1-2H3,(H,30,31). The zero-order chi connectivity index (χ0) is 28.9. The highest BCUT2D eigenvalue weighted by atomic mass is 16.5. The first-order chi connectivity index (χ1) is 19.8. The molecular formula is C29H33N7O5. The highest BCUT2D eigenvalue weighted by Crippen LogP contribution is 2.22. The van der Waals surface area contributed by atoms with E-state index in [2.05, 4.69) is 15.4 Å². The van der Waals surface area contributed by atoms with E-state index in [-0.39, 0.29) is 35.4 Å². The van der Waals surface area contributed by atoms with Crippen LogP contribution < -0.4 is 10.9 Å². The van der Waals surface area contributed by atoms with E-state index in [4.69, 9.17) is 4.74 Å². The predicted molar refractivity (Wildman–Crippen MR) is 152 cm³/mol. The van der Waals surface area contributed by atoms with Crippen LogP contribution in [0, 0.1) is 0 Å². The number of piperazine rings is 1. The molecule has 0 saturated carbocycles. The minimum Gasteiger partial charge on any atom is -0.378 e. The van der Waals surface area contributed by atoms with Gasteiger partial charge >= 0.3 is 0 Å². The van der Waals surface area contributed by atoms with E-state index in [1.54, 1.807) is 46.9 Å². The molecule has 2 aliphatic heterocycles. The number of morpholine rings is 1. The molecule has 2 aromatic heterocycles. The maximum Gasteiger partial charge on any atom is 0.290 e. The summed E-state index contributed by atoms with van der Waals surface area (Å²) in [5.74, 6) is 0.339. The second-order valence-electron chi connectivity index (χ2n) is 10.1. The average Bonchev–Trinajstić information content (AvgIpc) is 3.00. The van der Waals surface area contributed by atoms with Gasteiger partial charge < -0.3 is 24.8 Å². The molecule has 2 saturated heterocycles. The summed E-state index contributed by atoms with van der Waals surface area (Å²) >= 11 is 0. The third-order valence-corrected chi connectivity index (χ3v) is 7.29. The molecule has 0 spiro atoms. The van der Waals surface area contributed by atoms with E-state index in [0.29, 0.717) is 69.6 Å². The van der Waals surface area contributed by atoms with Crippen molar-refractivity contribution in [2.45, 2.75) is 13.3 Å². The summed E-state index contributed by atoms with van der Waals surface area (Å²) < 4.78 is 6.56. The third kappa shape index (κ3) is 6.60. The first-order valence-electron chi connectivity index (χ1n) is 13.6. The molecule has 0 unspecified atom stereocenters. The Morgan fingerprint density at radius 2 is 1.66 bits per heavy atom. The molecule has 2 aliphatic rings. The van der Waals surface area contributed by atoms with E-state index in [1.165, 1.54) is 10.9 Å². The fourth-order valence-electron chi connectivity index (χ4n) is 4.92. The maximum absolute atomic E-state index is 12.9. The van der Waals surface area contributed by atoms with E-state index < -0.39 is 0 Å². The summed E-state index contributed by atoms with van der Waals surface area (Å²) in [6.07, 6.45) is 1.72. The van der Waals surface area contributed by atoms with Gasteiger partial charge in [-0.15, -0.1) is 0 Å². The Labute approximate surface area is 237 Å². The Morgan fingerprint density at radius 3 is 2.34 bits per heavy atom. The number of aromatic nitrogens is 3. The Kier molecular flexibility index (Phi) is 8.39. The van der Waals surface area contributed by atoms with Gasteiger partial charge in [-0.25, -0.2) is 9.67 Å². The van der Waals surface area contributed by atoms with Crippen molar-refractivity contribution in [2.75, 3.05) is 57.8 Å². The van der Waals surface area contributed by atoms with Crippen molar-refractivity contribution in [3.63, 3.8) is 0 Å². The van der Waals surface area contributed by atoms with E-state index in [9.17, 15) is 19.2 Å². The molecule has 12 heteroatoms. The van der Waals surface area contributed by atoms with Crippen LogP contribution in [0.5, 0.6) is 0 Å². The van der Waals surface area contributed by atoms with Crippen molar-refractivity contribution in [1.29, 1.82) is 0 Å². The van der Waals surface area contributed by atoms with Gasteiger partial charge in [-0.1, -0.05) is 18.2 Å². The molecule has 4 heterocycles. The van der Waals surface area contributed by atoms with Crippen LogP contribution in [-0.4, -0.2) is 99.7 Å². The number of amides is 3. The summed E-state index contributed by atoms with van der Waals surface area (Å²) in [5.41, 5.74) is 2.55. The average molecular weight is 560 g/mol. The van der Waals surface area contributed by atoms with Crippen molar-refractivity contribution in [3.8, 4) is 11.3 Å². The SMILES string of the molecule is CC(=O)N1CCN(C(=O)Cc2cccc(-c3cc(Nc4ccc(C(=O)N5CCOCC5)cn4)c(=O)n(C)n3)c2)CC1. The topological polar surface area (TPSA) is 130 Å². The minimum absolute atomic E-state index is 0.00255. The number of benzene rings is 1. The number of nitrogens with one attached hydrogen (secondary N) is 1. The van der Waals surface area contributed by atoms with Crippen LogP contribution in [0.2, 0.25) is 0 Å². The first-order valence-corrected chi connectivity index (χ1v) is 13.6. The van der Waals surface area contributed by atoms with E-state index in [1.807, 2.05) is 24.3 Å². The smallest absolute Gasteiger partial charge is 0.290 e. The number of hydrogen-bond donors (Lipinski definition) is 1. The fraction of sp³-hybridized carbons (Fsp3) is 0.379. The van der Waals surface area contributed by atoms with Crippen LogP contribution in [0.4, 0.5) is 11.5 Å². The van der Waals surface area contributed by atoms with Gasteiger partial charge in [0.05, 0.1) is 30.9 Å². The number of carbonyl (C=O) groups excluding carboxylic acids is 3. The van der Waals surface area contributed by atoms with Gasteiger partial charge in [-0.3, -0.25) is 19.2 Å². The largest absolute Gasteiger partial charge is 0.378 e. The van der Waals surface area contributed by atoms with Gasteiger partial charge in [0.25, 0.3) is 11.5 Å².